The van der Waals surface area contributed by atoms with Crippen molar-refractivity contribution in [3.8, 4) is 0 Å². The van der Waals surface area contributed by atoms with Gasteiger partial charge in [0.25, 0.3) is 0 Å². The molecule has 0 radical (unpaired) electrons. The van der Waals surface area contributed by atoms with E-state index in [-0.39, 0.29) is 0 Å². The molecule has 1 saturated heterocycles. The Bertz CT molecular complexity index is 362. The van der Waals surface area contributed by atoms with Gasteiger partial charge in [0.1, 0.15) is 0 Å². The number of rotatable bonds is 3. The SMILES string of the molecule is CC1=C(Br)CN(CCC(=O)N2CCN(C)CC2)CC1. The second-order valence-corrected chi connectivity index (χ2v) is 6.60. The minimum Gasteiger partial charge on any atom is -0.340 e. The number of hydrogen-bond acceptors (Lipinski definition) is 3. The Morgan fingerprint density at radius 3 is 2.53 bits per heavy atom. The summed E-state index contributed by atoms with van der Waals surface area (Å²) in [5.74, 6) is 0.315. The molecule has 0 aromatic heterocycles. The molecule has 0 spiro atoms. The minimum atomic E-state index is 0.315. The molecule has 1 amide bonds. The van der Waals surface area contributed by atoms with Crippen LogP contribution in [-0.4, -0.2) is 73.5 Å². The summed E-state index contributed by atoms with van der Waals surface area (Å²) < 4.78 is 1.30. The van der Waals surface area contributed by atoms with Gasteiger partial charge in [-0.1, -0.05) is 21.5 Å². The Morgan fingerprint density at radius 1 is 1.21 bits per heavy atom. The van der Waals surface area contributed by atoms with Crippen molar-refractivity contribution in [3.05, 3.63) is 10.1 Å². The topological polar surface area (TPSA) is 26.8 Å². The van der Waals surface area contributed by atoms with Crippen molar-refractivity contribution >= 4 is 21.8 Å². The number of likely N-dealkylation sites (N-methyl/N-ethyl adjacent to an activating group) is 1. The van der Waals surface area contributed by atoms with Crippen molar-refractivity contribution in [2.24, 2.45) is 0 Å². The first-order valence-corrected chi connectivity index (χ1v) is 7.88. The van der Waals surface area contributed by atoms with Crippen LogP contribution in [0, 0.1) is 0 Å². The fourth-order valence-corrected chi connectivity index (χ4v) is 3.08. The van der Waals surface area contributed by atoms with Crippen molar-refractivity contribution in [3.63, 3.8) is 0 Å². The quantitative estimate of drug-likeness (QED) is 0.785. The van der Waals surface area contributed by atoms with Crippen molar-refractivity contribution in [2.45, 2.75) is 19.8 Å². The van der Waals surface area contributed by atoms with Gasteiger partial charge in [-0.05, 0) is 20.4 Å². The highest BCUT2D eigenvalue weighted by molar-refractivity contribution is 9.11. The lowest BCUT2D eigenvalue weighted by Gasteiger charge is -2.33. The maximum Gasteiger partial charge on any atom is 0.223 e. The molecule has 0 atom stereocenters. The number of halogens is 1. The summed E-state index contributed by atoms with van der Waals surface area (Å²) >= 11 is 3.62. The highest BCUT2D eigenvalue weighted by Crippen LogP contribution is 2.22. The first-order chi connectivity index (χ1) is 9.06. The predicted octanol–water partition coefficient (Wildman–Crippen LogP) is 1.53. The smallest absolute Gasteiger partial charge is 0.223 e. The molecule has 0 aromatic carbocycles. The average molecular weight is 330 g/mol. The van der Waals surface area contributed by atoms with E-state index in [1.165, 1.54) is 10.1 Å². The van der Waals surface area contributed by atoms with Crippen LogP contribution < -0.4 is 0 Å². The molecule has 19 heavy (non-hydrogen) atoms. The van der Waals surface area contributed by atoms with Gasteiger partial charge < -0.3 is 9.80 Å². The third-order valence-electron chi connectivity index (χ3n) is 4.13. The normalized spacial score (nSPS) is 23.0. The van der Waals surface area contributed by atoms with Crippen LogP contribution in [0.2, 0.25) is 0 Å². The fraction of sp³-hybridized carbons (Fsp3) is 0.786. The van der Waals surface area contributed by atoms with E-state index in [0.717, 1.165) is 52.2 Å². The molecular formula is C14H24BrN3O. The summed E-state index contributed by atoms with van der Waals surface area (Å²) in [7, 11) is 2.11. The molecule has 2 aliphatic rings. The third-order valence-corrected chi connectivity index (χ3v) is 5.05. The van der Waals surface area contributed by atoms with Crippen molar-refractivity contribution in [1.82, 2.24) is 14.7 Å². The number of amides is 1. The van der Waals surface area contributed by atoms with Crippen LogP contribution in [0.5, 0.6) is 0 Å². The molecule has 5 heteroatoms. The number of carbonyl (C=O) groups is 1. The van der Waals surface area contributed by atoms with Gasteiger partial charge in [-0.15, -0.1) is 0 Å². The molecule has 0 N–H and O–H groups in total. The van der Waals surface area contributed by atoms with E-state index < -0.39 is 0 Å². The second-order valence-electron chi connectivity index (χ2n) is 5.65. The Labute approximate surface area is 124 Å². The highest BCUT2D eigenvalue weighted by Gasteiger charge is 2.20. The zero-order valence-electron chi connectivity index (χ0n) is 12.0. The molecular weight excluding hydrogens is 306 g/mol. The van der Waals surface area contributed by atoms with Gasteiger partial charge in [-0.2, -0.15) is 0 Å². The van der Waals surface area contributed by atoms with Crippen molar-refractivity contribution in [2.75, 3.05) is 52.9 Å². The molecule has 2 aliphatic heterocycles. The van der Waals surface area contributed by atoms with Crippen LogP contribution >= 0.6 is 15.9 Å². The van der Waals surface area contributed by atoms with Gasteiger partial charge in [-0.25, -0.2) is 0 Å². The molecule has 2 heterocycles. The summed E-state index contributed by atoms with van der Waals surface area (Å²) in [6.07, 6.45) is 1.77. The predicted molar refractivity (Wildman–Crippen MR) is 81.4 cm³/mol. The lowest BCUT2D eigenvalue weighted by atomic mass is 10.1. The number of piperazine rings is 1. The van der Waals surface area contributed by atoms with Gasteiger partial charge in [0.15, 0.2) is 0 Å². The second kappa shape index (κ2) is 6.86. The zero-order valence-corrected chi connectivity index (χ0v) is 13.6. The minimum absolute atomic E-state index is 0.315. The van der Waals surface area contributed by atoms with Crippen LogP contribution in [0.25, 0.3) is 0 Å². The maximum absolute atomic E-state index is 12.2. The molecule has 108 valence electrons. The summed E-state index contributed by atoms with van der Waals surface area (Å²) in [6, 6.07) is 0. The first kappa shape index (κ1) is 15.0. The molecule has 4 nitrogen and oxygen atoms in total. The summed E-state index contributed by atoms with van der Waals surface area (Å²) in [6.45, 7) is 8.88. The van der Waals surface area contributed by atoms with E-state index in [1.807, 2.05) is 4.90 Å². The van der Waals surface area contributed by atoms with Gasteiger partial charge in [0, 0.05) is 56.7 Å². The van der Waals surface area contributed by atoms with E-state index >= 15 is 0 Å². The Kier molecular flexibility index (Phi) is 5.42. The molecule has 1 fully saturated rings. The standard InChI is InChI=1S/C14H24BrN3O/c1-12-3-5-17(11-13(12)15)6-4-14(19)18-9-7-16(2)8-10-18/h3-11H2,1-2H3. The maximum atomic E-state index is 12.2. The highest BCUT2D eigenvalue weighted by atomic mass is 79.9. The van der Waals surface area contributed by atoms with E-state index in [9.17, 15) is 4.79 Å². The fourth-order valence-electron chi connectivity index (χ4n) is 2.53. The van der Waals surface area contributed by atoms with E-state index in [4.69, 9.17) is 0 Å². The zero-order chi connectivity index (χ0) is 13.8. The van der Waals surface area contributed by atoms with Crippen LogP contribution in [0.3, 0.4) is 0 Å². The van der Waals surface area contributed by atoms with Gasteiger partial charge in [0.05, 0.1) is 0 Å². The Balaban J connectivity index is 1.72. The van der Waals surface area contributed by atoms with Crippen LogP contribution in [-0.2, 0) is 4.79 Å². The number of carbonyl (C=O) groups excluding carboxylic acids is 1. The number of nitrogens with zero attached hydrogens (tertiary/aromatic N) is 3. The Hall–Kier alpha value is -0.390. The summed E-state index contributed by atoms with van der Waals surface area (Å²) in [5.41, 5.74) is 1.45. The van der Waals surface area contributed by atoms with Crippen LogP contribution in [0.1, 0.15) is 19.8 Å². The molecule has 0 saturated carbocycles. The molecule has 0 unspecified atom stereocenters. The van der Waals surface area contributed by atoms with Crippen LogP contribution in [0.4, 0.5) is 0 Å². The van der Waals surface area contributed by atoms with E-state index in [1.54, 1.807) is 0 Å². The van der Waals surface area contributed by atoms with E-state index in [0.29, 0.717) is 12.3 Å². The van der Waals surface area contributed by atoms with Crippen molar-refractivity contribution < 1.29 is 4.79 Å². The van der Waals surface area contributed by atoms with Crippen LogP contribution in [0.15, 0.2) is 10.1 Å². The number of hydrogen-bond donors (Lipinski definition) is 0. The summed E-state index contributed by atoms with van der Waals surface area (Å²) in [5, 5.41) is 0. The van der Waals surface area contributed by atoms with Crippen molar-refractivity contribution in [1.29, 1.82) is 0 Å². The summed E-state index contributed by atoms with van der Waals surface area (Å²) in [4.78, 5) is 18.8. The van der Waals surface area contributed by atoms with Gasteiger partial charge >= 0.3 is 0 Å². The molecule has 0 aromatic rings. The Morgan fingerprint density at radius 2 is 1.89 bits per heavy atom. The first-order valence-electron chi connectivity index (χ1n) is 7.09. The molecule has 0 aliphatic carbocycles. The van der Waals surface area contributed by atoms with E-state index in [2.05, 4.69) is 39.7 Å². The third kappa shape index (κ3) is 4.29. The monoisotopic (exact) mass is 329 g/mol. The van der Waals surface area contributed by atoms with Gasteiger partial charge in [0.2, 0.25) is 5.91 Å². The molecule has 0 bridgehead atoms. The van der Waals surface area contributed by atoms with Gasteiger partial charge in [-0.3, -0.25) is 9.69 Å². The lowest BCUT2D eigenvalue weighted by Crippen LogP contribution is -2.47. The molecule has 2 rings (SSSR count). The lowest BCUT2D eigenvalue weighted by molar-refractivity contribution is -0.133. The average Bonchev–Trinajstić information content (AvgIpc) is 2.40. The largest absolute Gasteiger partial charge is 0.340 e.